The molecule has 3 nitrogen and oxygen atoms in total. The summed E-state index contributed by atoms with van der Waals surface area (Å²) in [6.07, 6.45) is 11.2. The number of amides is 1. The van der Waals surface area contributed by atoms with Gasteiger partial charge in [0.25, 0.3) is 0 Å². The average Bonchev–Trinajstić information content (AvgIpc) is 3.26. The number of carbonyl (C=O) groups excluding carboxylic acids is 1. The third-order valence-corrected chi connectivity index (χ3v) is 8.28. The summed E-state index contributed by atoms with van der Waals surface area (Å²) in [5.74, 6) is 0.313. The lowest BCUT2D eigenvalue weighted by Gasteiger charge is -2.36. The van der Waals surface area contributed by atoms with Crippen molar-refractivity contribution >= 4 is 27.7 Å². The Labute approximate surface area is 222 Å². The molecule has 0 radical (unpaired) electrons. The van der Waals surface area contributed by atoms with Crippen LogP contribution in [-0.4, -0.2) is 15.4 Å². The number of nitrogens with zero attached hydrogens (tertiary/aromatic N) is 2. The number of unbranched alkanes of at least 4 members (excludes halogenated alkanes) is 5. The summed E-state index contributed by atoms with van der Waals surface area (Å²) in [5.41, 5.74) is 6.56. The van der Waals surface area contributed by atoms with Gasteiger partial charge in [0.15, 0.2) is 0 Å². The third-order valence-electron chi connectivity index (χ3n) is 8.28. The van der Waals surface area contributed by atoms with E-state index < -0.39 is 0 Å². The monoisotopic (exact) mass is 494 g/mol. The van der Waals surface area contributed by atoms with Gasteiger partial charge >= 0.3 is 0 Å². The van der Waals surface area contributed by atoms with Crippen LogP contribution in [0.15, 0.2) is 66.7 Å². The molecule has 1 amide bonds. The van der Waals surface area contributed by atoms with Crippen LogP contribution in [0.1, 0.15) is 94.4 Å². The zero-order chi connectivity index (χ0) is 25.6. The maximum atomic E-state index is 13.8. The molecule has 37 heavy (non-hydrogen) atoms. The van der Waals surface area contributed by atoms with Crippen LogP contribution < -0.4 is 0 Å². The van der Waals surface area contributed by atoms with Gasteiger partial charge < -0.3 is 9.47 Å². The molecule has 1 aliphatic rings. The van der Waals surface area contributed by atoms with Crippen molar-refractivity contribution in [3.63, 3.8) is 0 Å². The van der Waals surface area contributed by atoms with Crippen molar-refractivity contribution in [2.45, 2.75) is 97.2 Å². The number of rotatable bonds is 11. The van der Waals surface area contributed by atoms with E-state index in [0.717, 1.165) is 38.6 Å². The van der Waals surface area contributed by atoms with E-state index in [1.807, 2.05) is 0 Å². The Morgan fingerprint density at radius 1 is 0.865 bits per heavy atom. The van der Waals surface area contributed by atoms with E-state index in [-0.39, 0.29) is 6.04 Å². The zero-order valence-corrected chi connectivity index (χ0v) is 22.7. The van der Waals surface area contributed by atoms with Gasteiger partial charge in [-0.1, -0.05) is 87.6 Å². The minimum absolute atomic E-state index is 0.172. The van der Waals surface area contributed by atoms with Crippen LogP contribution in [0.2, 0.25) is 0 Å². The van der Waals surface area contributed by atoms with Crippen LogP contribution in [0, 0.1) is 0 Å². The molecule has 0 saturated heterocycles. The summed E-state index contributed by atoms with van der Waals surface area (Å²) >= 11 is 0. The molecule has 1 unspecified atom stereocenters. The van der Waals surface area contributed by atoms with E-state index >= 15 is 0 Å². The molecule has 1 atom stereocenters. The number of hydrogen-bond acceptors (Lipinski definition) is 1. The second kappa shape index (κ2) is 12.0. The Balaban J connectivity index is 1.43. The van der Waals surface area contributed by atoms with E-state index in [0.29, 0.717) is 18.9 Å². The van der Waals surface area contributed by atoms with Gasteiger partial charge in [-0.2, -0.15) is 0 Å². The van der Waals surface area contributed by atoms with Crippen molar-refractivity contribution in [3.8, 4) is 0 Å². The first kappa shape index (κ1) is 25.6. The minimum Gasteiger partial charge on any atom is -0.341 e. The van der Waals surface area contributed by atoms with E-state index in [2.05, 4.69) is 90.0 Å². The highest BCUT2D eigenvalue weighted by Gasteiger charge is 2.29. The Morgan fingerprint density at radius 3 is 2.49 bits per heavy atom. The second-order valence-corrected chi connectivity index (χ2v) is 10.8. The van der Waals surface area contributed by atoms with E-state index in [9.17, 15) is 4.79 Å². The highest BCUT2D eigenvalue weighted by Crippen LogP contribution is 2.37. The average molecular weight is 495 g/mol. The van der Waals surface area contributed by atoms with Gasteiger partial charge in [-0.25, -0.2) is 0 Å². The Bertz CT molecular complexity index is 1350. The molecule has 1 aromatic heterocycles. The van der Waals surface area contributed by atoms with Gasteiger partial charge in [0.1, 0.15) is 0 Å². The van der Waals surface area contributed by atoms with Crippen molar-refractivity contribution < 1.29 is 4.79 Å². The van der Waals surface area contributed by atoms with Gasteiger partial charge in [-0.3, -0.25) is 4.79 Å². The van der Waals surface area contributed by atoms with Crippen molar-refractivity contribution in [3.05, 3.63) is 83.4 Å². The molecule has 194 valence electrons. The largest absolute Gasteiger partial charge is 0.341 e. The lowest BCUT2D eigenvalue weighted by atomic mass is 9.86. The van der Waals surface area contributed by atoms with Crippen molar-refractivity contribution in [1.82, 2.24) is 9.47 Å². The van der Waals surface area contributed by atoms with Crippen LogP contribution >= 0.6 is 0 Å². The smallest absolute Gasteiger partial charge is 0.223 e. The van der Waals surface area contributed by atoms with Gasteiger partial charge in [0, 0.05) is 41.3 Å². The topological polar surface area (TPSA) is 25.2 Å². The molecule has 1 aliphatic carbocycles. The molecule has 4 aromatic rings. The van der Waals surface area contributed by atoms with E-state index in [1.54, 1.807) is 0 Å². The van der Waals surface area contributed by atoms with Crippen LogP contribution in [0.5, 0.6) is 0 Å². The molecular formula is C34H42N2O. The van der Waals surface area contributed by atoms with Gasteiger partial charge in [-0.05, 0) is 67.5 Å². The van der Waals surface area contributed by atoms with Gasteiger partial charge in [-0.15, -0.1) is 0 Å². The molecule has 0 aliphatic heterocycles. The predicted molar refractivity (Wildman–Crippen MR) is 156 cm³/mol. The number of carbonyl (C=O) groups is 1. The fourth-order valence-electron chi connectivity index (χ4n) is 6.36. The molecule has 3 heteroatoms. The fourth-order valence-corrected chi connectivity index (χ4v) is 6.36. The quantitative estimate of drug-likeness (QED) is 0.191. The van der Waals surface area contributed by atoms with E-state index in [4.69, 9.17) is 0 Å². The van der Waals surface area contributed by atoms with Crippen LogP contribution in [0.25, 0.3) is 21.8 Å². The zero-order valence-electron chi connectivity index (χ0n) is 22.7. The molecule has 0 spiro atoms. The van der Waals surface area contributed by atoms with Gasteiger partial charge in [0.2, 0.25) is 5.91 Å². The second-order valence-electron chi connectivity index (χ2n) is 10.8. The summed E-state index contributed by atoms with van der Waals surface area (Å²) in [5, 5.41) is 2.59. The van der Waals surface area contributed by atoms with Crippen LogP contribution in [0.4, 0.5) is 0 Å². The Kier molecular flexibility index (Phi) is 8.28. The fraction of sp³-hybridized carbons (Fsp3) is 0.441. The van der Waals surface area contributed by atoms with Crippen LogP contribution in [-0.2, 0) is 24.3 Å². The number of benzene rings is 3. The highest BCUT2D eigenvalue weighted by atomic mass is 16.2. The number of hydrogen-bond donors (Lipinski definition) is 0. The third kappa shape index (κ3) is 5.46. The number of aryl methyl sites for hydroxylation is 2. The van der Waals surface area contributed by atoms with Crippen molar-refractivity contribution in [2.75, 3.05) is 0 Å². The first-order valence-corrected chi connectivity index (χ1v) is 14.6. The summed E-state index contributed by atoms with van der Waals surface area (Å²) in [4.78, 5) is 16.0. The SMILES string of the molecule is CCCCCCCCC(=O)N(Cc1ccc2c(c1)c1ccccc1n2CC)C1CCCc2ccccc21. The molecule has 0 N–H and O–H groups in total. The predicted octanol–water partition coefficient (Wildman–Crippen LogP) is 8.97. The summed E-state index contributed by atoms with van der Waals surface area (Å²) in [7, 11) is 0. The van der Waals surface area contributed by atoms with Gasteiger partial charge in [0.05, 0.1) is 6.04 Å². The molecule has 0 saturated carbocycles. The molecular weight excluding hydrogens is 452 g/mol. The van der Waals surface area contributed by atoms with E-state index in [1.165, 1.54) is 64.2 Å². The van der Waals surface area contributed by atoms with Crippen LogP contribution in [0.3, 0.4) is 0 Å². The van der Waals surface area contributed by atoms with Crippen molar-refractivity contribution in [1.29, 1.82) is 0 Å². The molecule has 0 bridgehead atoms. The maximum absolute atomic E-state index is 13.8. The summed E-state index contributed by atoms with van der Waals surface area (Å²) in [6, 6.07) is 24.5. The lowest BCUT2D eigenvalue weighted by molar-refractivity contribution is -0.135. The lowest BCUT2D eigenvalue weighted by Crippen LogP contribution is -2.36. The van der Waals surface area contributed by atoms with Crippen molar-refractivity contribution in [2.24, 2.45) is 0 Å². The molecule has 0 fully saturated rings. The molecule has 3 aromatic carbocycles. The molecule has 1 heterocycles. The number of aromatic nitrogens is 1. The maximum Gasteiger partial charge on any atom is 0.223 e. The molecule has 5 rings (SSSR count). The standard InChI is InChI=1S/C34H42N2O/c1-3-5-6-7-8-9-21-34(37)36(31-20-14-16-27-15-10-11-17-28(27)31)25-26-22-23-33-30(24-26)29-18-12-13-19-32(29)35(33)4-2/h10-13,15,17-19,22-24,31H,3-9,14,16,20-21,25H2,1-2H3. The minimum atomic E-state index is 0.172. The number of para-hydroxylation sites is 1. The first-order valence-electron chi connectivity index (χ1n) is 14.6. The first-order chi connectivity index (χ1) is 18.2. The summed E-state index contributed by atoms with van der Waals surface area (Å²) < 4.78 is 2.40. The Morgan fingerprint density at radius 2 is 1.62 bits per heavy atom. The number of fused-ring (bicyclic) bond motifs is 4. The Hall–Kier alpha value is -3.07. The normalized spacial score (nSPS) is 15.2. The summed E-state index contributed by atoms with van der Waals surface area (Å²) in [6.45, 7) is 6.09. The highest BCUT2D eigenvalue weighted by molar-refractivity contribution is 6.08.